The highest BCUT2D eigenvalue weighted by Crippen LogP contribution is 2.30. The van der Waals surface area contributed by atoms with Gasteiger partial charge in [-0.25, -0.2) is 0 Å². The number of pyridine rings is 1. The average molecular weight is 331 g/mol. The lowest BCUT2D eigenvalue weighted by atomic mass is 9.94. The van der Waals surface area contributed by atoms with Gasteiger partial charge in [-0.2, -0.15) is 0 Å². The van der Waals surface area contributed by atoms with Gasteiger partial charge in [-0.1, -0.05) is 42.5 Å². The fourth-order valence-corrected chi connectivity index (χ4v) is 2.87. The van der Waals surface area contributed by atoms with Crippen LogP contribution in [0, 0.1) is 6.92 Å². The molecule has 0 spiro atoms. The van der Waals surface area contributed by atoms with E-state index in [1.165, 1.54) is 0 Å². The minimum atomic E-state index is -0.0905. The Morgan fingerprint density at radius 3 is 2.52 bits per heavy atom. The van der Waals surface area contributed by atoms with Gasteiger partial charge in [0.15, 0.2) is 0 Å². The second-order valence-electron chi connectivity index (χ2n) is 5.91. The Morgan fingerprint density at radius 1 is 1.00 bits per heavy atom. The Morgan fingerprint density at radius 2 is 1.76 bits per heavy atom. The molecular formula is C21H21N3O. The van der Waals surface area contributed by atoms with E-state index in [-0.39, 0.29) is 5.91 Å². The molecule has 0 unspecified atom stereocenters. The van der Waals surface area contributed by atoms with E-state index in [0.717, 1.165) is 22.4 Å². The summed E-state index contributed by atoms with van der Waals surface area (Å²) in [6.07, 6.45) is 2.45. The lowest BCUT2D eigenvalue weighted by Gasteiger charge is -2.14. The van der Waals surface area contributed by atoms with Crippen molar-refractivity contribution < 1.29 is 4.79 Å². The summed E-state index contributed by atoms with van der Waals surface area (Å²) < 4.78 is 0. The molecule has 1 aromatic heterocycles. The zero-order valence-electron chi connectivity index (χ0n) is 14.2. The molecule has 3 aromatic rings. The number of hydrogen-bond acceptors (Lipinski definition) is 3. The molecule has 0 saturated heterocycles. The van der Waals surface area contributed by atoms with Gasteiger partial charge in [-0.3, -0.25) is 9.78 Å². The molecule has 3 rings (SSSR count). The largest absolute Gasteiger partial charge is 0.398 e. The highest BCUT2D eigenvalue weighted by Gasteiger charge is 2.16. The average Bonchev–Trinajstić information content (AvgIpc) is 2.63. The number of benzene rings is 2. The summed E-state index contributed by atoms with van der Waals surface area (Å²) in [5.74, 6) is -0.0905. The number of aryl methyl sites for hydroxylation is 1. The number of aromatic nitrogens is 1. The Kier molecular flexibility index (Phi) is 5.09. The zero-order valence-corrected chi connectivity index (χ0v) is 14.2. The van der Waals surface area contributed by atoms with Crippen molar-refractivity contribution in [2.75, 3.05) is 12.3 Å². The highest BCUT2D eigenvalue weighted by atomic mass is 16.1. The third-order valence-electron chi connectivity index (χ3n) is 4.14. The third-order valence-corrected chi connectivity index (χ3v) is 4.14. The summed E-state index contributed by atoms with van der Waals surface area (Å²) in [5.41, 5.74) is 11.1. The number of carbonyl (C=O) groups is 1. The molecule has 1 heterocycles. The van der Waals surface area contributed by atoms with Crippen LogP contribution in [-0.4, -0.2) is 17.4 Å². The molecule has 0 aliphatic carbocycles. The Hall–Kier alpha value is -3.14. The summed E-state index contributed by atoms with van der Waals surface area (Å²) in [6, 6.07) is 19.2. The van der Waals surface area contributed by atoms with E-state index in [0.29, 0.717) is 24.2 Å². The summed E-state index contributed by atoms with van der Waals surface area (Å²) in [7, 11) is 0. The van der Waals surface area contributed by atoms with Crippen LogP contribution in [0.3, 0.4) is 0 Å². The van der Waals surface area contributed by atoms with Crippen LogP contribution in [-0.2, 0) is 6.42 Å². The van der Waals surface area contributed by atoms with Crippen molar-refractivity contribution in [2.24, 2.45) is 0 Å². The molecule has 4 heteroatoms. The smallest absolute Gasteiger partial charge is 0.252 e. The monoisotopic (exact) mass is 331 g/mol. The molecular weight excluding hydrogens is 310 g/mol. The Bertz CT molecular complexity index is 875. The fraction of sp³-hybridized carbons (Fsp3) is 0.143. The number of carbonyl (C=O) groups excluding carboxylic acids is 1. The van der Waals surface area contributed by atoms with Crippen LogP contribution >= 0.6 is 0 Å². The predicted molar refractivity (Wildman–Crippen MR) is 101 cm³/mol. The lowest BCUT2D eigenvalue weighted by Crippen LogP contribution is -2.27. The SMILES string of the molecule is Cc1cccc(-c2ccccc2N)c1C(=O)NCCc1ccccn1. The number of nitrogens with two attached hydrogens (primary N) is 1. The van der Waals surface area contributed by atoms with Gasteiger partial charge in [0.1, 0.15) is 0 Å². The van der Waals surface area contributed by atoms with Crippen molar-refractivity contribution >= 4 is 11.6 Å². The molecule has 126 valence electrons. The van der Waals surface area contributed by atoms with Gasteiger partial charge in [0.25, 0.3) is 5.91 Å². The minimum Gasteiger partial charge on any atom is -0.398 e. The fourth-order valence-electron chi connectivity index (χ4n) is 2.87. The molecule has 0 radical (unpaired) electrons. The van der Waals surface area contributed by atoms with Crippen LogP contribution in [0.5, 0.6) is 0 Å². The van der Waals surface area contributed by atoms with Crippen molar-refractivity contribution in [1.82, 2.24) is 10.3 Å². The third kappa shape index (κ3) is 3.86. The molecule has 25 heavy (non-hydrogen) atoms. The summed E-state index contributed by atoms with van der Waals surface area (Å²) >= 11 is 0. The van der Waals surface area contributed by atoms with Gasteiger partial charge in [0, 0.05) is 36.1 Å². The first kappa shape index (κ1) is 16.7. The molecule has 0 aliphatic heterocycles. The van der Waals surface area contributed by atoms with E-state index in [1.807, 2.05) is 67.6 Å². The van der Waals surface area contributed by atoms with Crippen LogP contribution in [0.2, 0.25) is 0 Å². The van der Waals surface area contributed by atoms with E-state index >= 15 is 0 Å². The van der Waals surface area contributed by atoms with E-state index in [9.17, 15) is 4.79 Å². The molecule has 0 bridgehead atoms. The molecule has 4 nitrogen and oxygen atoms in total. The second kappa shape index (κ2) is 7.62. The summed E-state index contributed by atoms with van der Waals surface area (Å²) in [5, 5.41) is 3.00. The first-order chi connectivity index (χ1) is 12.2. The van der Waals surface area contributed by atoms with Crippen LogP contribution in [0.4, 0.5) is 5.69 Å². The first-order valence-corrected chi connectivity index (χ1v) is 8.29. The summed E-state index contributed by atoms with van der Waals surface area (Å²) in [6.45, 7) is 2.48. The van der Waals surface area contributed by atoms with Gasteiger partial charge in [-0.05, 0) is 36.2 Å². The van der Waals surface area contributed by atoms with Crippen LogP contribution in [0.15, 0.2) is 66.9 Å². The Balaban J connectivity index is 1.82. The number of nitrogens with zero attached hydrogens (tertiary/aromatic N) is 1. The maximum absolute atomic E-state index is 12.8. The molecule has 0 atom stereocenters. The van der Waals surface area contributed by atoms with E-state index in [2.05, 4.69) is 10.3 Å². The van der Waals surface area contributed by atoms with Gasteiger partial charge < -0.3 is 11.1 Å². The number of nitrogens with one attached hydrogen (secondary N) is 1. The van der Waals surface area contributed by atoms with E-state index in [1.54, 1.807) is 6.20 Å². The quantitative estimate of drug-likeness (QED) is 0.702. The van der Waals surface area contributed by atoms with Gasteiger partial charge in [0.05, 0.1) is 5.56 Å². The number of anilines is 1. The standard InChI is InChI=1S/C21H21N3O/c1-15-7-6-10-18(17-9-2-3-11-19(17)22)20(15)21(25)24-14-12-16-8-4-5-13-23-16/h2-11,13H,12,14,22H2,1H3,(H,24,25). The molecule has 2 aromatic carbocycles. The number of rotatable bonds is 5. The van der Waals surface area contributed by atoms with E-state index in [4.69, 9.17) is 5.73 Å². The first-order valence-electron chi connectivity index (χ1n) is 8.29. The maximum atomic E-state index is 12.8. The van der Waals surface area contributed by atoms with Crippen molar-refractivity contribution in [1.29, 1.82) is 0 Å². The number of nitrogen functional groups attached to an aromatic ring is 1. The topological polar surface area (TPSA) is 68.0 Å². The number of para-hydroxylation sites is 1. The van der Waals surface area contributed by atoms with Crippen molar-refractivity contribution in [3.05, 3.63) is 83.7 Å². The highest BCUT2D eigenvalue weighted by molar-refractivity contribution is 6.03. The Labute approximate surface area is 147 Å². The van der Waals surface area contributed by atoms with Gasteiger partial charge >= 0.3 is 0 Å². The molecule has 0 saturated carbocycles. The number of hydrogen-bond donors (Lipinski definition) is 2. The molecule has 0 aliphatic rings. The summed E-state index contributed by atoms with van der Waals surface area (Å²) in [4.78, 5) is 17.1. The molecule has 1 amide bonds. The van der Waals surface area contributed by atoms with Gasteiger partial charge in [-0.15, -0.1) is 0 Å². The minimum absolute atomic E-state index is 0.0905. The molecule has 3 N–H and O–H groups in total. The maximum Gasteiger partial charge on any atom is 0.252 e. The predicted octanol–water partition coefficient (Wildman–Crippen LogP) is 3.61. The van der Waals surface area contributed by atoms with Crippen LogP contribution in [0.1, 0.15) is 21.6 Å². The normalized spacial score (nSPS) is 10.4. The number of amides is 1. The van der Waals surface area contributed by atoms with Crippen LogP contribution < -0.4 is 11.1 Å². The molecule has 0 fully saturated rings. The lowest BCUT2D eigenvalue weighted by molar-refractivity contribution is 0.0954. The zero-order chi connectivity index (χ0) is 17.6. The van der Waals surface area contributed by atoms with Crippen LogP contribution in [0.25, 0.3) is 11.1 Å². The van der Waals surface area contributed by atoms with Crippen molar-refractivity contribution in [3.63, 3.8) is 0 Å². The van der Waals surface area contributed by atoms with Crippen molar-refractivity contribution in [3.8, 4) is 11.1 Å². The van der Waals surface area contributed by atoms with Gasteiger partial charge in [0.2, 0.25) is 0 Å². The van der Waals surface area contributed by atoms with E-state index < -0.39 is 0 Å². The van der Waals surface area contributed by atoms with Crippen molar-refractivity contribution in [2.45, 2.75) is 13.3 Å². The second-order valence-corrected chi connectivity index (χ2v) is 5.91.